The van der Waals surface area contributed by atoms with Crippen LogP contribution in [0.5, 0.6) is 0 Å². The van der Waals surface area contributed by atoms with Crippen molar-refractivity contribution in [2.75, 3.05) is 13.1 Å². The minimum absolute atomic E-state index is 0.150. The van der Waals surface area contributed by atoms with Gasteiger partial charge in [-0.05, 0) is 39.2 Å². The van der Waals surface area contributed by atoms with Crippen LogP contribution in [-0.2, 0) is 20.8 Å². The number of amides is 3. The third-order valence-electron chi connectivity index (χ3n) is 3.75. The van der Waals surface area contributed by atoms with E-state index < -0.39 is 6.04 Å². The minimum atomic E-state index is -0.759. The second-order valence-electron chi connectivity index (χ2n) is 7.52. The van der Waals surface area contributed by atoms with Crippen molar-refractivity contribution in [1.29, 1.82) is 0 Å². The maximum Gasteiger partial charge on any atom is 0.242 e. The van der Waals surface area contributed by atoms with Gasteiger partial charge in [-0.2, -0.15) is 0 Å². The number of rotatable bonds is 10. The highest BCUT2D eigenvalue weighted by Crippen LogP contribution is 2.05. The number of hydrogen-bond acceptors (Lipinski definition) is 4. The smallest absolute Gasteiger partial charge is 0.242 e. The molecule has 0 aliphatic rings. The van der Waals surface area contributed by atoms with Crippen molar-refractivity contribution in [2.45, 2.75) is 58.0 Å². The highest BCUT2D eigenvalue weighted by molar-refractivity contribution is 5.88. The Morgan fingerprint density at radius 1 is 1.04 bits per heavy atom. The molecule has 0 fully saturated rings. The first kappa shape index (κ1) is 22.6. The standard InChI is InChI=1S/C20H32N4O3/c1-20(2,3)24-18(26)12-10-16(19(27)22-14-13-21)23-17(25)11-9-15-7-5-4-6-8-15/h4-8,16H,9-14,21H2,1-3H3,(H,22,27)(H,23,25)(H,24,26). The molecule has 1 aromatic carbocycles. The van der Waals surface area contributed by atoms with Crippen molar-refractivity contribution in [3.63, 3.8) is 0 Å². The maximum absolute atomic E-state index is 12.3. The Labute approximate surface area is 161 Å². The second-order valence-corrected chi connectivity index (χ2v) is 7.52. The summed E-state index contributed by atoms with van der Waals surface area (Å²) < 4.78 is 0. The van der Waals surface area contributed by atoms with Gasteiger partial charge in [0.15, 0.2) is 0 Å². The van der Waals surface area contributed by atoms with Crippen molar-refractivity contribution < 1.29 is 14.4 Å². The molecule has 1 aromatic rings. The van der Waals surface area contributed by atoms with E-state index in [1.807, 2.05) is 51.1 Å². The van der Waals surface area contributed by atoms with E-state index in [4.69, 9.17) is 5.73 Å². The van der Waals surface area contributed by atoms with Gasteiger partial charge in [0.05, 0.1) is 0 Å². The summed E-state index contributed by atoms with van der Waals surface area (Å²) in [6.07, 6.45) is 1.25. The number of benzene rings is 1. The molecule has 0 radical (unpaired) electrons. The van der Waals surface area contributed by atoms with Crippen LogP contribution in [-0.4, -0.2) is 42.4 Å². The Hall–Kier alpha value is -2.41. The summed E-state index contributed by atoms with van der Waals surface area (Å²) in [5.41, 5.74) is 6.13. The fourth-order valence-corrected chi connectivity index (χ4v) is 2.51. The third-order valence-corrected chi connectivity index (χ3v) is 3.75. The molecule has 0 saturated carbocycles. The van der Waals surface area contributed by atoms with E-state index in [0.29, 0.717) is 19.5 Å². The maximum atomic E-state index is 12.3. The van der Waals surface area contributed by atoms with Gasteiger partial charge in [0, 0.05) is 31.5 Å². The summed E-state index contributed by atoms with van der Waals surface area (Å²) in [4.78, 5) is 36.6. The molecule has 7 nitrogen and oxygen atoms in total. The number of hydrogen-bond donors (Lipinski definition) is 4. The van der Waals surface area contributed by atoms with Crippen LogP contribution in [0.3, 0.4) is 0 Å². The van der Waals surface area contributed by atoms with Crippen LogP contribution in [0.25, 0.3) is 0 Å². The fraction of sp³-hybridized carbons (Fsp3) is 0.550. The van der Waals surface area contributed by atoms with Crippen molar-refractivity contribution in [3.05, 3.63) is 35.9 Å². The molecule has 1 atom stereocenters. The first-order valence-electron chi connectivity index (χ1n) is 9.33. The van der Waals surface area contributed by atoms with E-state index >= 15 is 0 Å². The Bertz CT molecular complexity index is 611. The zero-order valence-electron chi connectivity index (χ0n) is 16.5. The first-order valence-corrected chi connectivity index (χ1v) is 9.33. The highest BCUT2D eigenvalue weighted by Gasteiger charge is 2.22. The molecule has 1 rings (SSSR count). The number of carbonyl (C=O) groups is 3. The van der Waals surface area contributed by atoms with Gasteiger partial charge >= 0.3 is 0 Å². The molecule has 150 valence electrons. The molecule has 0 spiro atoms. The number of carbonyl (C=O) groups excluding carboxylic acids is 3. The Morgan fingerprint density at radius 2 is 1.70 bits per heavy atom. The van der Waals surface area contributed by atoms with Crippen LogP contribution in [0.1, 0.15) is 45.6 Å². The van der Waals surface area contributed by atoms with E-state index in [1.165, 1.54) is 0 Å². The lowest BCUT2D eigenvalue weighted by atomic mass is 10.1. The monoisotopic (exact) mass is 376 g/mol. The van der Waals surface area contributed by atoms with Gasteiger partial charge in [-0.3, -0.25) is 14.4 Å². The van der Waals surface area contributed by atoms with Gasteiger partial charge in [0.1, 0.15) is 6.04 Å². The van der Waals surface area contributed by atoms with E-state index in [2.05, 4.69) is 16.0 Å². The topological polar surface area (TPSA) is 113 Å². The summed E-state index contributed by atoms with van der Waals surface area (Å²) in [6.45, 7) is 6.30. The molecule has 5 N–H and O–H groups in total. The molecule has 1 unspecified atom stereocenters. The zero-order valence-corrected chi connectivity index (χ0v) is 16.5. The van der Waals surface area contributed by atoms with Gasteiger partial charge in [-0.1, -0.05) is 30.3 Å². The molecular formula is C20H32N4O3. The van der Waals surface area contributed by atoms with E-state index in [1.54, 1.807) is 0 Å². The molecular weight excluding hydrogens is 344 g/mol. The summed E-state index contributed by atoms with van der Waals surface area (Å²) >= 11 is 0. The lowest BCUT2D eigenvalue weighted by molar-refractivity contribution is -0.129. The first-order chi connectivity index (χ1) is 12.7. The van der Waals surface area contributed by atoms with E-state index in [9.17, 15) is 14.4 Å². The van der Waals surface area contributed by atoms with Crippen LogP contribution in [0, 0.1) is 0 Å². The van der Waals surface area contributed by atoms with Crippen molar-refractivity contribution >= 4 is 17.7 Å². The molecule has 0 aromatic heterocycles. The van der Waals surface area contributed by atoms with Gasteiger partial charge in [0.2, 0.25) is 17.7 Å². The van der Waals surface area contributed by atoms with Crippen LogP contribution in [0.2, 0.25) is 0 Å². The molecule has 0 aliphatic heterocycles. The predicted octanol–water partition coefficient (Wildman–Crippen LogP) is 0.874. The molecule has 0 saturated heterocycles. The highest BCUT2D eigenvalue weighted by atomic mass is 16.2. The third kappa shape index (κ3) is 10.4. The Balaban J connectivity index is 2.58. The summed E-state index contributed by atoms with van der Waals surface area (Å²) in [5.74, 6) is -0.697. The molecule has 0 heterocycles. The molecule has 27 heavy (non-hydrogen) atoms. The second kappa shape index (κ2) is 11.3. The van der Waals surface area contributed by atoms with Crippen LogP contribution in [0.15, 0.2) is 30.3 Å². The van der Waals surface area contributed by atoms with Crippen molar-refractivity contribution in [1.82, 2.24) is 16.0 Å². The fourth-order valence-electron chi connectivity index (χ4n) is 2.51. The predicted molar refractivity (Wildman–Crippen MR) is 106 cm³/mol. The molecule has 7 heteroatoms. The summed E-state index contributed by atoms with van der Waals surface area (Å²) in [6, 6.07) is 8.91. The molecule has 3 amide bonds. The molecule has 0 aliphatic carbocycles. The van der Waals surface area contributed by atoms with Crippen LogP contribution in [0.4, 0.5) is 0 Å². The summed E-state index contributed by atoms with van der Waals surface area (Å²) in [5, 5.41) is 8.27. The lowest BCUT2D eigenvalue weighted by Gasteiger charge is -2.22. The van der Waals surface area contributed by atoms with Crippen molar-refractivity contribution in [3.8, 4) is 0 Å². The Kier molecular flexibility index (Phi) is 9.50. The van der Waals surface area contributed by atoms with Gasteiger partial charge in [0.25, 0.3) is 0 Å². The number of nitrogens with one attached hydrogen (secondary N) is 3. The largest absolute Gasteiger partial charge is 0.353 e. The average Bonchev–Trinajstić information content (AvgIpc) is 2.60. The lowest BCUT2D eigenvalue weighted by Crippen LogP contribution is -2.48. The number of aryl methyl sites for hydroxylation is 1. The minimum Gasteiger partial charge on any atom is -0.353 e. The van der Waals surface area contributed by atoms with Gasteiger partial charge < -0.3 is 21.7 Å². The number of nitrogens with two attached hydrogens (primary N) is 1. The van der Waals surface area contributed by atoms with Gasteiger partial charge in [-0.15, -0.1) is 0 Å². The van der Waals surface area contributed by atoms with Crippen molar-refractivity contribution in [2.24, 2.45) is 5.73 Å². The van der Waals surface area contributed by atoms with E-state index in [-0.39, 0.29) is 42.5 Å². The Morgan fingerprint density at radius 3 is 2.30 bits per heavy atom. The average molecular weight is 377 g/mol. The quantitative estimate of drug-likeness (QED) is 0.485. The summed E-state index contributed by atoms with van der Waals surface area (Å²) in [7, 11) is 0. The zero-order chi connectivity index (χ0) is 20.3. The SMILES string of the molecule is CC(C)(C)NC(=O)CCC(NC(=O)CCc1ccccc1)C(=O)NCCN. The normalized spacial score (nSPS) is 12.1. The van der Waals surface area contributed by atoms with E-state index in [0.717, 1.165) is 5.56 Å². The van der Waals surface area contributed by atoms with Crippen LogP contribution >= 0.6 is 0 Å². The molecule has 0 bridgehead atoms. The van der Waals surface area contributed by atoms with Crippen LogP contribution < -0.4 is 21.7 Å². The van der Waals surface area contributed by atoms with Gasteiger partial charge in [-0.25, -0.2) is 0 Å².